The van der Waals surface area contributed by atoms with E-state index in [-0.39, 0.29) is 5.91 Å². The number of amides is 1. The molecule has 18 heavy (non-hydrogen) atoms. The van der Waals surface area contributed by atoms with E-state index >= 15 is 0 Å². The standard InChI is InChI=1S/C15H20N2O/c1-4-12(10-9-11(2)3)15(18)17-14-8-6-5-7-13(14)16/h4,7-10H,2,5-6,16H2,1,3H3,(H,17,18)/b10-9-,12-4+. The summed E-state index contributed by atoms with van der Waals surface area (Å²) in [7, 11) is 0. The predicted molar refractivity (Wildman–Crippen MR) is 75.4 cm³/mol. The van der Waals surface area contributed by atoms with Gasteiger partial charge in [-0.1, -0.05) is 36.5 Å². The highest BCUT2D eigenvalue weighted by Gasteiger charge is 2.11. The van der Waals surface area contributed by atoms with Crippen LogP contribution in [0.15, 0.2) is 59.5 Å². The van der Waals surface area contributed by atoms with Crippen molar-refractivity contribution in [3.05, 3.63) is 59.5 Å². The van der Waals surface area contributed by atoms with Gasteiger partial charge in [-0.15, -0.1) is 0 Å². The zero-order valence-corrected chi connectivity index (χ0v) is 11.0. The van der Waals surface area contributed by atoms with Crippen LogP contribution in [0.2, 0.25) is 0 Å². The van der Waals surface area contributed by atoms with Crippen molar-refractivity contribution >= 4 is 5.91 Å². The lowest BCUT2D eigenvalue weighted by Gasteiger charge is -2.14. The maximum absolute atomic E-state index is 12.0. The number of carbonyl (C=O) groups is 1. The molecular weight excluding hydrogens is 224 g/mol. The molecule has 1 rings (SSSR count). The van der Waals surface area contributed by atoms with Crippen molar-refractivity contribution in [2.75, 3.05) is 0 Å². The van der Waals surface area contributed by atoms with Crippen molar-refractivity contribution in [2.45, 2.75) is 26.7 Å². The van der Waals surface area contributed by atoms with Gasteiger partial charge in [0.15, 0.2) is 0 Å². The SMILES string of the molecule is C=C(C)/C=C\C(=C/C)C(=O)NC1=CCCC=C1N. The van der Waals surface area contributed by atoms with Crippen molar-refractivity contribution in [2.24, 2.45) is 5.73 Å². The fourth-order valence-electron chi connectivity index (χ4n) is 1.55. The molecule has 96 valence electrons. The van der Waals surface area contributed by atoms with Crippen LogP contribution in [-0.4, -0.2) is 5.91 Å². The second kappa shape index (κ2) is 6.64. The maximum atomic E-state index is 12.0. The molecule has 0 bridgehead atoms. The Bertz CT molecular complexity index is 465. The van der Waals surface area contributed by atoms with Crippen molar-refractivity contribution < 1.29 is 4.79 Å². The molecular formula is C15H20N2O. The van der Waals surface area contributed by atoms with Gasteiger partial charge in [-0.05, 0) is 32.8 Å². The molecule has 3 heteroatoms. The molecule has 0 radical (unpaired) electrons. The fraction of sp³-hybridized carbons (Fsp3) is 0.267. The van der Waals surface area contributed by atoms with Gasteiger partial charge in [-0.2, -0.15) is 0 Å². The third-order valence-corrected chi connectivity index (χ3v) is 2.56. The number of hydrogen-bond donors (Lipinski definition) is 2. The molecule has 1 amide bonds. The highest BCUT2D eigenvalue weighted by atomic mass is 16.1. The molecule has 0 saturated carbocycles. The van der Waals surface area contributed by atoms with E-state index in [1.165, 1.54) is 0 Å². The van der Waals surface area contributed by atoms with Gasteiger partial charge >= 0.3 is 0 Å². The first-order chi connectivity index (χ1) is 8.54. The van der Waals surface area contributed by atoms with Gasteiger partial charge in [0, 0.05) is 5.57 Å². The molecule has 0 atom stereocenters. The number of nitrogens with one attached hydrogen (secondary N) is 1. The van der Waals surface area contributed by atoms with Crippen molar-refractivity contribution in [3.8, 4) is 0 Å². The van der Waals surface area contributed by atoms with Crippen LogP contribution >= 0.6 is 0 Å². The van der Waals surface area contributed by atoms with Crippen LogP contribution in [-0.2, 0) is 4.79 Å². The Morgan fingerprint density at radius 3 is 2.61 bits per heavy atom. The summed E-state index contributed by atoms with van der Waals surface area (Å²) in [5.41, 5.74) is 8.65. The molecule has 0 spiro atoms. The first kappa shape index (κ1) is 14.0. The van der Waals surface area contributed by atoms with Crippen LogP contribution in [0.5, 0.6) is 0 Å². The van der Waals surface area contributed by atoms with E-state index in [9.17, 15) is 4.79 Å². The van der Waals surface area contributed by atoms with E-state index in [0.29, 0.717) is 17.0 Å². The first-order valence-corrected chi connectivity index (χ1v) is 6.02. The lowest BCUT2D eigenvalue weighted by molar-refractivity contribution is -0.116. The van der Waals surface area contributed by atoms with Crippen molar-refractivity contribution in [1.82, 2.24) is 5.32 Å². The summed E-state index contributed by atoms with van der Waals surface area (Å²) < 4.78 is 0. The zero-order chi connectivity index (χ0) is 13.5. The van der Waals surface area contributed by atoms with Gasteiger partial charge in [0.25, 0.3) is 5.91 Å². The molecule has 1 aliphatic rings. The number of nitrogens with two attached hydrogens (primary N) is 1. The van der Waals surface area contributed by atoms with Crippen LogP contribution in [0.3, 0.4) is 0 Å². The van der Waals surface area contributed by atoms with E-state index in [4.69, 9.17) is 5.73 Å². The van der Waals surface area contributed by atoms with Gasteiger partial charge in [0.1, 0.15) is 0 Å². The first-order valence-electron chi connectivity index (χ1n) is 6.02. The molecule has 0 saturated heterocycles. The number of hydrogen-bond acceptors (Lipinski definition) is 2. The van der Waals surface area contributed by atoms with Crippen LogP contribution in [0.25, 0.3) is 0 Å². The average molecular weight is 244 g/mol. The molecule has 0 aromatic heterocycles. The summed E-state index contributed by atoms with van der Waals surface area (Å²) in [6.07, 6.45) is 11.0. The Labute approximate surface area is 108 Å². The van der Waals surface area contributed by atoms with Gasteiger partial charge in [0.05, 0.1) is 11.4 Å². The van der Waals surface area contributed by atoms with Crippen molar-refractivity contribution in [3.63, 3.8) is 0 Å². The second-order valence-corrected chi connectivity index (χ2v) is 4.23. The molecule has 0 heterocycles. The third kappa shape index (κ3) is 4.09. The third-order valence-electron chi connectivity index (χ3n) is 2.56. The van der Waals surface area contributed by atoms with E-state index in [1.54, 1.807) is 12.2 Å². The summed E-state index contributed by atoms with van der Waals surface area (Å²) in [5, 5.41) is 2.82. The molecule has 0 unspecified atom stereocenters. The van der Waals surface area contributed by atoms with Crippen LogP contribution in [0.1, 0.15) is 26.7 Å². The van der Waals surface area contributed by atoms with Gasteiger partial charge < -0.3 is 11.1 Å². The molecule has 0 aromatic carbocycles. The predicted octanol–water partition coefficient (Wildman–Crippen LogP) is 2.70. The molecule has 0 aliphatic heterocycles. The highest BCUT2D eigenvalue weighted by molar-refractivity contribution is 5.97. The Morgan fingerprint density at radius 1 is 1.39 bits per heavy atom. The van der Waals surface area contributed by atoms with E-state index in [0.717, 1.165) is 18.4 Å². The summed E-state index contributed by atoms with van der Waals surface area (Å²) in [6, 6.07) is 0. The largest absolute Gasteiger partial charge is 0.397 e. The van der Waals surface area contributed by atoms with Gasteiger partial charge in [-0.3, -0.25) is 4.79 Å². The zero-order valence-electron chi connectivity index (χ0n) is 11.0. The minimum atomic E-state index is -0.153. The molecule has 0 fully saturated rings. The fourth-order valence-corrected chi connectivity index (χ4v) is 1.55. The molecule has 3 nitrogen and oxygen atoms in total. The number of carbonyl (C=O) groups excluding carboxylic acids is 1. The topological polar surface area (TPSA) is 55.1 Å². The summed E-state index contributed by atoms with van der Waals surface area (Å²) in [4.78, 5) is 12.0. The minimum absolute atomic E-state index is 0.153. The van der Waals surface area contributed by atoms with Crippen LogP contribution in [0.4, 0.5) is 0 Å². The lowest BCUT2D eigenvalue weighted by atomic mass is 10.1. The second-order valence-electron chi connectivity index (χ2n) is 4.23. The average Bonchev–Trinajstić information content (AvgIpc) is 2.32. The summed E-state index contributed by atoms with van der Waals surface area (Å²) in [6.45, 7) is 7.47. The Kier molecular flexibility index (Phi) is 5.18. The summed E-state index contributed by atoms with van der Waals surface area (Å²) in [5.74, 6) is -0.153. The Morgan fingerprint density at radius 2 is 2.06 bits per heavy atom. The van der Waals surface area contributed by atoms with E-state index < -0.39 is 0 Å². The smallest absolute Gasteiger partial charge is 0.255 e. The Balaban J connectivity index is 2.72. The quantitative estimate of drug-likeness (QED) is 0.590. The normalized spacial score (nSPS) is 16.2. The summed E-state index contributed by atoms with van der Waals surface area (Å²) >= 11 is 0. The number of rotatable bonds is 4. The monoisotopic (exact) mass is 244 g/mol. The molecule has 1 aliphatic carbocycles. The molecule has 3 N–H and O–H groups in total. The van der Waals surface area contributed by atoms with Gasteiger partial charge in [-0.25, -0.2) is 0 Å². The van der Waals surface area contributed by atoms with Crippen LogP contribution < -0.4 is 11.1 Å². The van der Waals surface area contributed by atoms with Crippen molar-refractivity contribution in [1.29, 1.82) is 0 Å². The minimum Gasteiger partial charge on any atom is -0.397 e. The number of allylic oxidation sites excluding steroid dienone is 5. The Hall–Kier alpha value is -2.03. The lowest BCUT2D eigenvalue weighted by Crippen LogP contribution is -2.27. The van der Waals surface area contributed by atoms with Crippen LogP contribution in [0, 0.1) is 0 Å². The maximum Gasteiger partial charge on any atom is 0.255 e. The molecule has 0 aromatic rings. The highest BCUT2D eigenvalue weighted by Crippen LogP contribution is 2.12. The van der Waals surface area contributed by atoms with Gasteiger partial charge in [0.2, 0.25) is 0 Å². The van der Waals surface area contributed by atoms with E-state index in [2.05, 4.69) is 11.9 Å². The van der Waals surface area contributed by atoms with E-state index in [1.807, 2.05) is 32.1 Å².